The number of H-pyrrole nitrogens is 1. The van der Waals surface area contributed by atoms with Gasteiger partial charge in [-0.15, -0.1) is 0 Å². The first-order chi connectivity index (χ1) is 3.29. The van der Waals surface area contributed by atoms with Crippen LogP contribution in [-0.4, -0.2) is 4.98 Å². The third-order valence-corrected chi connectivity index (χ3v) is 0.978. The van der Waals surface area contributed by atoms with Gasteiger partial charge in [-0.2, -0.15) is 0 Å². The molecule has 0 aliphatic rings. The topological polar surface area (TPSA) is 50.8 Å². The van der Waals surface area contributed by atoms with E-state index in [1.807, 2.05) is 13.8 Å². The van der Waals surface area contributed by atoms with Gasteiger partial charge >= 0.3 is 0 Å². The second kappa shape index (κ2) is 2.52. The van der Waals surface area contributed by atoms with E-state index in [9.17, 15) is 0 Å². The van der Waals surface area contributed by atoms with Crippen LogP contribution in [0.1, 0.15) is 11.4 Å². The lowest BCUT2D eigenvalue weighted by molar-refractivity contribution is 1.19. The average Bonchev–Trinajstić information content (AvgIpc) is 1.87. The van der Waals surface area contributed by atoms with Crippen molar-refractivity contribution in [3.63, 3.8) is 0 Å². The summed E-state index contributed by atoms with van der Waals surface area (Å²) in [6, 6.07) is 4.13. The molecule has 0 spiro atoms. The molecule has 0 saturated heterocycles. The highest BCUT2D eigenvalue weighted by atomic mass is 14.7. The van der Waals surface area contributed by atoms with Gasteiger partial charge in [0.05, 0.1) is 0 Å². The largest absolute Gasteiger partial charge is 0.363 e. The minimum atomic E-state index is 0. The summed E-state index contributed by atoms with van der Waals surface area (Å²) in [6.45, 7) is 4.10. The summed E-state index contributed by atoms with van der Waals surface area (Å²) < 4.78 is 0. The number of hydrogen-bond donors (Lipinski definition) is 2. The van der Waals surface area contributed by atoms with Crippen molar-refractivity contribution in [2.24, 2.45) is 0 Å². The van der Waals surface area contributed by atoms with E-state index in [0.717, 1.165) is 0 Å². The number of aryl methyl sites for hydroxylation is 2. The predicted octanol–water partition coefficient (Wildman–Crippen LogP) is 1.79. The zero-order valence-corrected chi connectivity index (χ0v) is 5.36. The molecule has 0 atom stereocenters. The number of hydrogen-bond acceptors (Lipinski definition) is 1. The molecule has 0 amide bonds. The summed E-state index contributed by atoms with van der Waals surface area (Å²) in [5, 5.41) is 0. The SMILES string of the molecule is Cc1ccc(C)[nH]1.N. The number of aromatic amines is 1. The molecule has 2 nitrogen and oxygen atoms in total. The van der Waals surface area contributed by atoms with E-state index in [2.05, 4.69) is 17.1 Å². The van der Waals surface area contributed by atoms with Crippen LogP contribution in [0.4, 0.5) is 0 Å². The van der Waals surface area contributed by atoms with Gasteiger partial charge in [0.1, 0.15) is 0 Å². The van der Waals surface area contributed by atoms with Gasteiger partial charge in [-0.05, 0) is 26.0 Å². The Morgan fingerprint density at radius 1 is 1.12 bits per heavy atom. The standard InChI is InChI=1S/C6H9N.H3N/c1-5-3-4-6(2)7-5;/h3-4,7H,1-2H3;1H3. The molecular formula is C6H12N2. The van der Waals surface area contributed by atoms with Gasteiger partial charge in [0, 0.05) is 11.4 Å². The van der Waals surface area contributed by atoms with Crippen LogP contribution in [0, 0.1) is 13.8 Å². The molecule has 0 saturated carbocycles. The smallest absolute Gasteiger partial charge is 0.0117 e. The Bertz CT molecular complexity index is 139. The molecule has 8 heavy (non-hydrogen) atoms. The molecule has 1 rings (SSSR count). The molecule has 0 bridgehead atoms. The van der Waals surface area contributed by atoms with E-state index in [1.165, 1.54) is 11.4 Å². The monoisotopic (exact) mass is 112 g/mol. The molecule has 0 unspecified atom stereocenters. The van der Waals surface area contributed by atoms with Crippen molar-refractivity contribution >= 4 is 0 Å². The van der Waals surface area contributed by atoms with Crippen LogP contribution >= 0.6 is 0 Å². The molecule has 1 aromatic heterocycles. The Hall–Kier alpha value is -0.760. The van der Waals surface area contributed by atoms with E-state index in [4.69, 9.17) is 0 Å². The highest BCUT2D eigenvalue weighted by Gasteiger charge is 1.82. The highest BCUT2D eigenvalue weighted by Crippen LogP contribution is 1.95. The summed E-state index contributed by atoms with van der Waals surface area (Å²) in [6.07, 6.45) is 0. The molecule has 0 aromatic carbocycles. The van der Waals surface area contributed by atoms with Crippen molar-refractivity contribution in [3.8, 4) is 0 Å². The molecule has 46 valence electrons. The molecule has 0 aliphatic carbocycles. The van der Waals surface area contributed by atoms with Crippen molar-refractivity contribution in [3.05, 3.63) is 23.5 Å². The van der Waals surface area contributed by atoms with Crippen molar-refractivity contribution in [2.45, 2.75) is 13.8 Å². The fourth-order valence-corrected chi connectivity index (χ4v) is 0.644. The Morgan fingerprint density at radius 2 is 1.50 bits per heavy atom. The van der Waals surface area contributed by atoms with E-state index in [1.54, 1.807) is 0 Å². The maximum Gasteiger partial charge on any atom is 0.0117 e. The lowest BCUT2D eigenvalue weighted by Crippen LogP contribution is -1.67. The fraction of sp³-hybridized carbons (Fsp3) is 0.333. The zero-order chi connectivity index (χ0) is 5.28. The van der Waals surface area contributed by atoms with E-state index < -0.39 is 0 Å². The lowest BCUT2D eigenvalue weighted by Gasteiger charge is -1.77. The third-order valence-electron chi connectivity index (χ3n) is 0.978. The van der Waals surface area contributed by atoms with Gasteiger partial charge in [0.2, 0.25) is 0 Å². The molecule has 4 N–H and O–H groups in total. The first-order valence-electron chi connectivity index (χ1n) is 2.41. The maximum atomic E-state index is 3.14. The molecule has 0 radical (unpaired) electrons. The number of rotatable bonds is 0. The summed E-state index contributed by atoms with van der Waals surface area (Å²) in [4.78, 5) is 3.14. The van der Waals surface area contributed by atoms with E-state index in [-0.39, 0.29) is 6.15 Å². The van der Waals surface area contributed by atoms with Crippen molar-refractivity contribution in [2.75, 3.05) is 0 Å². The Labute approximate surface area is 49.5 Å². The summed E-state index contributed by atoms with van der Waals surface area (Å²) in [7, 11) is 0. The molecular weight excluding hydrogens is 100 g/mol. The van der Waals surface area contributed by atoms with Crippen LogP contribution < -0.4 is 6.15 Å². The van der Waals surface area contributed by atoms with Crippen LogP contribution in [-0.2, 0) is 0 Å². The third kappa shape index (κ3) is 1.39. The van der Waals surface area contributed by atoms with Crippen LogP contribution in [0.25, 0.3) is 0 Å². The lowest BCUT2D eigenvalue weighted by atomic mass is 10.5. The van der Waals surface area contributed by atoms with Gasteiger partial charge < -0.3 is 11.1 Å². The van der Waals surface area contributed by atoms with Gasteiger partial charge in [-0.3, -0.25) is 0 Å². The quantitative estimate of drug-likeness (QED) is 0.528. The Kier molecular flexibility index (Phi) is 2.28. The summed E-state index contributed by atoms with van der Waals surface area (Å²) in [5.74, 6) is 0. The van der Waals surface area contributed by atoms with Gasteiger partial charge in [0.25, 0.3) is 0 Å². The molecule has 2 heteroatoms. The molecule has 0 aliphatic heterocycles. The summed E-state index contributed by atoms with van der Waals surface area (Å²) in [5.41, 5.74) is 2.47. The van der Waals surface area contributed by atoms with Crippen molar-refractivity contribution in [1.82, 2.24) is 11.1 Å². The normalized spacial score (nSPS) is 8.25. The van der Waals surface area contributed by atoms with Crippen LogP contribution in [0.2, 0.25) is 0 Å². The molecule has 0 fully saturated rings. The van der Waals surface area contributed by atoms with Crippen molar-refractivity contribution in [1.29, 1.82) is 0 Å². The van der Waals surface area contributed by atoms with Crippen LogP contribution in [0.15, 0.2) is 12.1 Å². The number of nitrogens with one attached hydrogen (secondary N) is 1. The minimum absolute atomic E-state index is 0. The van der Waals surface area contributed by atoms with Crippen LogP contribution in [0.3, 0.4) is 0 Å². The summed E-state index contributed by atoms with van der Waals surface area (Å²) >= 11 is 0. The fourth-order valence-electron chi connectivity index (χ4n) is 0.644. The minimum Gasteiger partial charge on any atom is -0.363 e. The Morgan fingerprint density at radius 3 is 1.62 bits per heavy atom. The average molecular weight is 112 g/mol. The van der Waals surface area contributed by atoms with E-state index in [0.29, 0.717) is 0 Å². The van der Waals surface area contributed by atoms with Gasteiger partial charge in [-0.25, -0.2) is 0 Å². The second-order valence-electron chi connectivity index (χ2n) is 1.82. The zero-order valence-electron chi connectivity index (χ0n) is 5.36. The first kappa shape index (κ1) is 7.24. The van der Waals surface area contributed by atoms with E-state index >= 15 is 0 Å². The van der Waals surface area contributed by atoms with Crippen LogP contribution in [0.5, 0.6) is 0 Å². The van der Waals surface area contributed by atoms with Gasteiger partial charge in [0.15, 0.2) is 0 Å². The molecule has 1 heterocycles. The molecule has 1 aromatic rings. The predicted molar refractivity (Wildman–Crippen MR) is 35.3 cm³/mol. The Balaban J connectivity index is 0.000000490. The first-order valence-corrected chi connectivity index (χ1v) is 2.41. The second-order valence-corrected chi connectivity index (χ2v) is 1.82. The number of aromatic nitrogens is 1. The highest BCUT2D eigenvalue weighted by molar-refractivity contribution is 5.09. The van der Waals surface area contributed by atoms with Crippen molar-refractivity contribution < 1.29 is 0 Å². The van der Waals surface area contributed by atoms with Gasteiger partial charge in [-0.1, -0.05) is 0 Å². The maximum absolute atomic E-state index is 3.14.